The SMILES string of the molecule is Fc1c(F)c(F)c(CON=C(c2ccc(Br)cc2)C(Cl)Cl)c(F)c1F. The van der Waals surface area contributed by atoms with Crippen molar-refractivity contribution < 1.29 is 26.8 Å². The number of benzene rings is 2. The predicted octanol–water partition coefficient (Wildman–Crippen LogP) is 5.87. The first-order chi connectivity index (χ1) is 11.7. The zero-order valence-electron chi connectivity index (χ0n) is 12.0. The quantitative estimate of drug-likeness (QED) is 0.136. The fourth-order valence-electron chi connectivity index (χ4n) is 1.78. The van der Waals surface area contributed by atoms with Gasteiger partial charge in [-0.1, -0.05) is 56.4 Å². The molecule has 25 heavy (non-hydrogen) atoms. The lowest BCUT2D eigenvalue weighted by Crippen LogP contribution is -2.12. The molecule has 0 unspecified atom stereocenters. The van der Waals surface area contributed by atoms with Crippen molar-refractivity contribution in [2.75, 3.05) is 0 Å². The van der Waals surface area contributed by atoms with Gasteiger partial charge in [0.2, 0.25) is 5.82 Å². The van der Waals surface area contributed by atoms with Gasteiger partial charge in [-0.05, 0) is 12.1 Å². The molecule has 0 aliphatic heterocycles. The highest BCUT2D eigenvalue weighted by molar-refractivity contribution is 9.10. The van der Waals surface area contributed by atoms with Gasteiger partial charge >= 0.3 is 0 Å². The van der Waals surface area contributed by atoms with E-state index in [4.69, 9.17) is 28.0 Å². The Kier molecular flexibility index (Phi) is 6.65. The van der Waals surface area contributed by atoms with E-state index in [1.54, 1.807) is 24.3 Å². The summed E-state index contributed by atoms with van der Waals surface area (Å²) in [4.78, 5) is 3.56. The molecule has 0 saturated heterocycles. The zero-order valence-corrected chi connectivity index (χ0v) is 15.1. The van der Waals surface area contributed by atoms with Gasteiger partial charge in [0, 0.05) is 10.0 Å². The molecule has 0 bridgehead atoms. The summed E-state index contributed by atoms with van der Waals surface area (Å²) in [5, 5.41) is 3.55. The molecule has 2 aromatic carbocycles. The molecule has 0 aromatic heterocycles. The van der Waals surface area contributed by atoms with Crippen molar-refractivity contribution in [1.29, 1.82) is 0 Å². The number of hydrogen-bond donors (Lipinski definition) is 0. The summed E-state index contributed by atoms with van der Waals surface area (Å²) in [6, 6.07) is 6.49. The zero-order chi connectivity index (χ0) is 18.7. The van der Waals surface area contributed by atoms with Crippen molar-refractivity contribution in [3.8, 4) is 0 Å². The van der Waals surface area contributed by atoms with Crippen LogP contribution in [0.15, 0.2) is 33.9 Å². The van der Waals surface area contributed by atoms with Crippen molar-refractivity contribution in [3.05, 3.63) is 69.0 Å². The van der Waals surface area contributed by atoms with Gasteiger partial charge in [-0.15, -0.1) is 0 Å². The van der Waals surface area contributed by atoms with Gasteiger partial charge in [0.25, 0.3) is 0 Å². The van der Waals surface area contributed by atoms with Crippen LogP contribution in [0.3, 0.4) is 0 Å². The van der Waals surface area contributed by atoms with Crippen molar-refractivity contribution in [3.63, 3.8) is 0 Å². The lowest BCUT2D eigenvalue weighted by molar-refractivity contribution is 0.123. The third-order valence-electron chi connectivity index (χ3n) is 3.02. The Bertz CT molecular complexity index is 786. The summed E-state index contributed by atoms with van der Waals surface area (Å²) in [6.45, 7) is -1.01. The topological polar surface area (TPSA) is 21.6 Å². The maximum absolute atomic E-state index is 13.5. The molecule has 0 amide bonds. The summed E-state index contributed by atoms with van der Waals surface area (Å²) in [6.07, 6.45) is 0. The van der Waals surface area contributed by atoms with Crippen LogP contribution in [0.5, 0.6) is 0 Å². The average molecular weight is 463 g/mol. The minimum Gasteiger partial charge on any atom is -0.390 e. The number of nitrogens with zero attached hydrogens (tertiary/aromatic N) is 1. The number of alkyl halides is 2. The van der Waals surface area contributed by atoms with Gasteiger partial charge in [0.15, 0.2) is 28.1 Å². The van der Waals surface area contributed by atoms with Gasteiger partial charge in [-0.25, -0.2) is 22.0 Å². The Morgan fingerprint density at radius 1 is 0.920 bits per heavy atom. The Balaban J connectivity index is 2.28. The lowest BCUT2D eigenvalue weighted by atomic mass is 10.1. The minimum atomic E-state index is -2.25. The molecule has 0 heterocycles. The minimum absolute atomic E-state index is 0.000273. The second kappa shape index (κ2) is 8.33. The van der Waals surface area contributed by atoms with E-state index < -0.39 is 46.1 Å². The Hall–Kier alpha value is -1.38. The normalized spacial score (nSPS) is 12.0. The number of rotatable bonds is 5. The first-order valence-electron chi connectivity index (χ1n) is 6.48. The van der Waals surface area contributed by atoms with Crippen LogP contribution in [0, 0.1) is 29.1 Å². The van der Waals surface area contributed by atoms with Crippen LogP contribution in [0.2, 0.25) is 0 Å². The molecule has 0 aliphatic rings. The average Bonchev–Trinajstić information content (AvgIpc) is 2.58. The summed E-state index contributed by atoms with van der Waals surface area (Å²) >= 11 is 14.7. The highest BCUT2D eigenvalue weighted by Gasteiger charge is 2.26. The monoisotopic (exact) mass is 461 g/mol. The molecule has 134 valence electrons. The molecule has 2 rings (SSSR count). The maximum Gasteiger partial charge on any atom is 0.200 e. The van der Waals surface area contributed by atoms with Crippen molar-refractivity contribution in [1.82, 2.24) is 0 Å². The molecule has 0 spiro atoms. The second-order valence-corrected chi connectivity index (χ2v) is 6.62. The highest BCUT2D eigenvalue weighted by Crippen LogP contribution is 2.24. The molecule has 0 N–H and O–H groups in total. The standard InChI is InChI=1S/C15H7BrCl2F5NO/c16-7-3-1-6(2-4-7)14(15(17)18)24-25-5-8-9(19)11(21)13(23)12(22)10(8)20/h1-4,15H,5H2. The lowest BCUT2D eigenvalue weighted by Gasteiger charge is -2.10. The van der Waals surface area contributed by atoms with E-state index in [1.165, 1.54) is 0 Å². The number of oxime groups is 1. The molecule has 0 atom stereocenters. The molecular formula is C15H7BrCl2F5NO. The molecule has 0 radical (unpaired) electrons. The van der Waals surface area contributed by atoms with Gasteiger partial charge < -0.3 is 4.84 Å². The summed E-state index contributed by atoms with van der Waals surface area (Å²) in [5.74, 6) is -10.4. The fourth-order valence-corrected chi connectivity index (χ4v) is 2.38. The van der Waals surface area contributed by atoms with Crippen LogP contribution in [0.1, 0.15) is 11.1 Å². The molecule has 2 nitrogen and oxygen atoms in total. The van der Waals surface area contributed by atoms with Gasteiger partial charge in [0.05, 0.1) is 5.56 Å². The van der Waals surface area contributed by atoms with Crippen LogP contribution in [0.4, 0.5) is 22.0 Å². The van der Waals surface area contributed by atoms with E-state index >= 15 is 0 Å². The van der Waals surface area contributed by atoms with Crippen LogP contribution < -0.4 is 0 Å². The first-order valence-corrected chi connectivity index (χ1v) is 8.14. The van der Waals surface area contributed by atoms with Crippen LogP contribution in [-0.2, 0) is 11.4 Å². The van der Waals surface area contributed by atoms with E-state index in [1.807, 2.05) is 0 Å². The Morgan fingerprint density at radius 2 is 1.40 bits per heavy atom. The second-order valence-electron chi connectivity index (χ2n) is 4.61. The summed E-state index contributed by atoms with van der Waals surface area (Å²) < 4.78 is 67.1. The third kappa shape index (κ3) is 4.43. The maximum atomic E-state index is 13.5. The molecule has 0 saturated carbocycles. The van der Waals surface area contributed by atoms with Crippen LogP contribution in [0.25, 0.3) is 0 Å². The number of hydrogen-bond acceptors (Lipinski definition) is 2. The van der Waals surface area contributed by atoms with E-state index in [2.05, 4.69) is 21.1 Å². The first kappa shape index (κ1) is 19.9. The third-order valence-corrected chi connectivity index (χ3v) is 3.96. The van der Waals surface area contributed by atoms with Crippen LogP contribution >= 0.6 is 39.1 Å². The fraction of sp³-hybridized carbons (Fsp3) is 0.133. The van der Waals surface area contributed by atoms with E-state index in [0.29, 0.717) is 5.56 Å². The number of halogens is 8. The molecule has 2 aromatic rings. The van der Waals surface area contributed by atoms with Gasteiger partial charge in [-0.2, -0.15) is 0 Å². The summed E-state index contributed by atoms with van der Waals surface area (Å²) in [5.41, 5.74) is -0.716. The van der Waals surface area contributed by atoms with Crippen molar-refractivity contribution in [2.45, 2.75) is 11.4 Å². The highest BCUT2D eigenvalue weighted by atomic mass is 79.9. The van der Waals surface area contributed by atoms with Crippen molar-refractivity contribution >= 4 is 44.8 Å². The predicted molar refractivity (Wildman–Crippen MR) is 87.2 cm³/mol. The van der Waals surface area contributed by atoms with E-state index in [-0.39, 0.29) is 5.71 Å². The summed E-state index contributed by atoms with van der Waals surface area (Å²) in [7, 11) is 0. The van der Waals surface area contributed by atoms with Gasteiger partial charge in [-0.3, -0.25) is 0 Å². The van der Waals surface area contributed by atoms with E-state index in [9.17, 15) is 22.0 Å². The Morgan fingerprint density at radius 3 is 1.88 bits per heavy atom. The van der Waals surface area contributed by atoms with E-state index in [0.717, 1.165) is 4.47 Å². The van der Waals surface area contributed by atoms with Crippen LogP contribution in [-0.4, -0.2) is 10.5 Å². The molecule has 0 aliphatic carbocycles. The largest absolute Gasteiger partial charge is 0.390 e. The Labute approximate surface area is 157 Å². The van der Waals surface area contributed by atoms with Gasteiger partial charge in [0.1, 0.15) is 12.3 Å². The van der Waals surface area contributed by atoms with Crippen molar-refractivity contribution in [2.24, 2.45) is 5.16 Å². The molecular weight excluding hydrogens is 456 g/mol. The molecule has 0 fully saturated rings. The molecule has 10 heteroatoms. The smallest absolute Gasteiger partial charge is 0.200 e.